The molecule has 0 spiro atoms. The van der Waals surface area contributed by atoms with Crippen LogP contribution < -0.4 is 4.90 Å². The number of fused-ring (bicyclic) bond motifs is 5. The molecule has 14 rings (SSSR count). The second-order valence-electron chi connectivity index (χ2n) is 20.1. The lowest BCUT2D eigenvalue weighted by Gasteiger charge is -2.50. The van der Waals surface area contributed by atoms with Crippen molar-refractivity contribution in [2.24, 2.45) is 0 Å². The normalized spacial score (nSPS) is 17.9. The molecule has 2 nitrogen and oxygen atoms in total. The molecule has 0 amide bonds. The van der Waals surface area contributed by atoms with Crippen LogP contribution in [0.3, 0.4) is 0 Å². The first kappa shape index (κ1) is 40.0. The molecule has 2 unspecified atom stereocenters. The molecule has 0 saturated heterocycles. The molecule has 2 atom stereocenters. The second-order valence-corrected chi connectivity index (χ2v) is 20.1. The highest BCUT2D eigenvalue weighted by Gasteiger charge is 2.57. The summed E-state index contributed by atoms with van der Waals surface area (Å²) in [5, 5.41) is 12.5. The van der Waals surface area contributed by atoms with Crippen LogP contribution in [-0.2, 0) is 5.41 Å². The Morgan fingerprint density at radius 3 is 1.57 bits per heavy atom. The molecule has 0 radical (unpaired) electrons. The fraction of sp³-hybridized carbons (Fsp3) is 0.119. The Labute approximate surface area is 403 Å². The van der Waals surface area contributed by atoms with E-state index in [-0.39, 0.29) is 11.0 Å². The Balaban J connectivity index is 1.04. The average Bonchev–Trinajstić information content (AvgIpc) is 3.62. The van der Waals surface area contributed by atoms with Crippen molar-refractivity contribution < 1.29 is 0 Å². The van der Waals surface area contributed by atoms with Crippen LogP contribution in [-0.4, -0.2) is 10.5 Å². The molecule has 0 bridgehead atoms. The van der Waals surface area contributed by atoms with Crippen molar-refractivity contribution in [2.45, 2.75) is 50.5 Å². The van der Waals surface area contributed by atoms with E-state index in [0.717, 1.165) is 17.0 Å². The van der Waals surface area contributed by atoms with Crippen molar-refractivity contribution in [1.29, 1.82) is 0 Å². The molecule has 11 aromatic carbocycles. The molecule has 1 fully saturated rings. The van der Waals surface area contributed by atoms with Gasteiger partial charge in [0.15, 0.2) is 0 Å². The molecule has 2 aliphatic rings. The highest BCUT2D eigenvalue weighted by atomic mass is 15.3. The van der Waals surface area contributed by atoms with Crippen LogP contribution in [0, 0.1) is 0 Å². The molecule has 1 saturated carbocycles. The fourth-order valence-electron chi connectivity index (χ4n) is 13.0. The van der Waals surface area contributed by atoms with Gasteiger partial charge in [-0.25, -0.2) is 4.98 Å². The lowest BCUT2D eigenvalue weighted by molar-refractivity contribution is 0.195. The molecule has 1 aliphatic carbocycles. The maximum absolute atomic E-state index is 5.69. The molecule has 69 heavy (non-hydrogen) atoms. The zero-order valence-corrected chi connectivity index (χ0v) is 39.0. The summed E-state index contributed by atoms with van der Waals surface area (Å²) in [7, 11) is 0. The first-order valence-corrected chi connectivity index (χ1v) is 24.7. The van der Waals surface area contributed by atoms with E-state index in [9.17, 15) is 0 Å². The van der Waals surface area contributed by atoms with Crippen LogP contribution in [0.25, 0.3) is 110 Å². The summed E-state index contributed by atoms with van der Waals surface area (Å²) in [6, 6.07) is 81.4. The van der Waals surface area contributed by atoms with E-state index in [4.69, 9.17) is 4.98 Å². The van der Waals surface area contributed by atoms with Crippen molar-refractivity contribution in [3.05, 3.63) is 224 Å². The summed E-state index contributed by atoms with van der Waals surface area (Å²) in [4.78, 5) is 8.35. The van der Waals surface area contributed by atoms with Crippen LogP contribution in [0.5, 0.6) is 0 Å². The molecular formula is C67H50N2. The van der Waals surface area contributed by atoms with Gasteiger partial charge in [-0.3, -0.25) is 0 Å². The number of benzene rings is 11. The second kappa shape index (κ2) is 15.2. The lowest BCUT2D eigenvalue weighted by atomic mass is 9.61. The molecule has 1 aliphatic heterocycles. The van der Waals surface area contributed by atoms with Crippen molar-refractivity contribution in [3.8, 4) is 55.9 Å². The SMILES string of the molecule is CC12CCCCC1(C)N(c1ccccc1)c1ccc(-c3cccc(-c4cc(-c5cccc6ccccc56)c5ccc6c(-c7ccccc7)cc(-c7cccc8ccccc78)c7ccc4c5c67)n3)cc12. The minimum atomic E-state index is -0.0174. The van der Waals surface area contributed by atoms with Gasteiger partial charge in [0.25, 0.3) is 0 Å². The summed E-state index contributed by atoms with van der Waals surface area (Å²) in [5.74, 6) is 0. The number of anilines is 2. The van der Waals surface area contributed by atoms with Gasteiger partial charge < -0.3 is 4.90 Å². The van der Waals surface area contributed by atoms with Crippen LogP contribution in [0.4, 0.5) is 11.4 Å². The van der Waals surface area contributed by atoms with Gasteiger partial charge in [0.2, 0.25) is 0 Å². The lowest BCUT2D eigenvalue weighted by Crippen LogP contribution is -2.54. The van der Waals surface area contributed by atoms with Crippen molar-refractivity contribution >= 4 is 65.2 Å². The summed E-state index contributed by atoms with van der Waals surface area (Å²) in [6.07, 6.45) is 4.83. The monoisotopic (exact) mass is 882 g/mol. The molecule has 2 heterocycles. The van der Waals surface area contributed by atoms with Gasteiger partial charge >= 0.3 is 0 Å². The first-order valence-electron chi connectivity index (χ1n) is 24.7. The van der Waals surface area contributed by atoms with Crippen LogP contribution in [0.2, 0.25) is 0 Å². The number of rotatable bonds is 6. The highest BCUT2D eigenvalue weighted by molar-refractivity contribution is 6.32. The van der Waals surface area contributed by atoms with Crippen molar-refractivity contribution in [1.82, 2.24) is 4.98 Å². The van der Waals surface area contributed by atoms with E-state index < -0.39 is 0 Å². The average molecular weight is 883 g/mol. The quantitative estimate of drug-likeness (QED) is 0.155. The first-order chi connectivity index (χ1) is 34.0. The third-order valence-corrected chi connectivity index (χ3v) is 16.6. The molecule has 0 N–H and O–H groups in total. The highest BCUT2D eigenvalue weighted by Crippen LogP contribution is 2.61. The van der Waals surface area contributed by atoms with E-state index in [1.54, 1.807) is 0 Å². The van der Waals surface area contributed by atoms with Crippen LogP contribution in [0.15, 0.2) is 218 Å². The third kappa shape index (κ3) is 5.88. The molecule has 328 valence electrons. The van der Waals surface area contributed by atoms with Gasteiger partial charge in [0, 0.05) is 27.9 Å². The molecular weight excluding hydrogens is 833 g/mol. The minimum Gasteiger partial charge on any atom is -0.334 e. The third-order valence-electron chi connectivity index (χ3n) is 16.6. The largest absolute Gasteiger partial charge is 0.334 e. The standard InChI is InChI=1S/C67H50N2/c1-66-38-13-14-39-67(66,2)69(47-24-7-4-8-25-47)63-37-32-46(40-60(63)66)61-30-17-31-62(68-61)59-42-58(51-29-16-23-44-21-10-12-27-49(44)51)54-34-33-52-56(45-18-5-3-6-19-45)41-57(53-35-36-55(59)65(54)64(52)53)50-28-15-22-43-20-9-11-26-48(43)50/h3-12,15-37,40-42H,13-14,38-39H2,1-2H3. The van der Waals surface area contributed by atoms with Crippen LogP contribution in [0.1, 0.15) is 45.1 Å². The number of nitrogens with zero attached hydrogens (tertiary/aromatic N) is 2. The Morgan fingerprint density at radius 1 is 0.377 bits per heavy atom. The topological polar surface area (TPSA) is 16.1 Å². The molecule has 12 aromatic rings. The Kier molecular flexibility index (Phi) is 8.83. The Morgan fingerprint density at radius 2 is 0.899 bits per heavy atom. The fourth-order valence-corrected chi connectivity index (χ4v) is 13.0. The van der Waals surface area contributed by atoms with Gasteiger partial charge in [-0.1, -0.05) is 190 Å². The molecule has 1 aromatic heterocycles. The van der Waals surface area contributed by atoms with Gasteiger partial charge in [0.05, 0.1) is 16.9 Å². The summed E-state index contributed by atoms with van der Waals surface area (Å²) in [5.41, 5.74) is 15.7. The number of para-hydroxylation sites is 1. The maximum Gasteiger partial charge on any atom is 0.0715 e. The maximum atomic E-state index is 5.69. The summed E-state index contributed by atoms with van der Waals surface area (Å²) >= 11 is 0. The number of pyridine rings is 1. The van der Waals surface area contributed by atoms with E-state index in [1.165, 1.54) is 135 Å². The predicted molar refractivity (Wildman–Crippen MR) is 293 cm³/mol. The Bertz CT molecular complexity index is 3990. The number of hydrogen-bond donors (Lipinski definition) is 0. The smallest absolute Gasteiger partial charge is 0.0715 e. The van der Waals surface area contributed by atoms with E-state index in [1.807, 2.05) is 0 Å². The predicted octanol–water partition coefficient (Wildman–Crippen LogP) is 18.4. The Hall–Kier alpha value is -8.07. The zero-order chi connectivity index (χ0) is 45.8. The number of aromatic nitrogens is 1. The summed E-state index contributed by atoms with van der Waals surface area (Å²) < 4.78 is 0. The van der Waals surface area contributed by atoms with Crippen molar-refractivity contribution in [3.63, 3.8) is 0 Å². The van der Waals surface area contributed by atoms with Gasteiger partial charge in [-0.15, -0.1) is 0 Å². The van der Waals surface area contributed by atoms with E-state index in [2.05, 4.69) is 237 Å². The minimum absolute atomic E-state index is 0.00692. The van der Waals surface area contributed by atoms with E-state index >= 15 is 0 Å². The molecule has 2 heteroatoms. The van der Waals surface area contributed by atoms with Gasteiger partial charge in [0.1, 0.15) is 0 Å². The van der Waals surface area contributed by atoms with Gasteiger partial charge in [-0.05, 0) is 161 Å². The summed E-state index contributed by atoms with van der Waals surface area (Å²) in [6.45, 7) is 5.03. The zero-order valence-electron chi connectivity index (χ0n) is 39.0. The number of hydrogen-bond acceptors (Lipinski definition) is 2. The van der Waals surface area contributed by atoms with Crippen LogP contribution >= 0.6 is 0 Å². The van der Waals surface area contributed by atoms with E-state index in [0.29, 0.717) is 0 Å². The van der Waals surface area contributed by atoms with Gasteiger partial charge in [-0.2, -0.15) is 0 Å². The van der Waals surface area contributed by atoms with Crippen molar-refractivity contribution in [2.75, 3.05) is 4.90 Å².